The molecule has 0 bridgehead atoms. The van der Waals surface area contributed by atoms with Crippen LogP contribution in [0.5, 0.6) is 0 Å². The van der Waals surface area contributed by atoms with Crippen molar-refractivity contribution < 1.29 is 4.79 Å². The molecule has 0 atom stereocenters. The monoisotopic (exact) mass is 379 g/mol. The summed E-state index contributed by atoms with van der Waals surface area (Å²) in [6.07, 6.45) is 1.76. The number of rotatable bonds is 3. The molecule has 0 spiro atoms. The minimum atomic E-state index is -0.242. The third-order valence-electron chi connectivity index (χ3n) is 4.56. The lowest BCUT2D eigenvalue weighted by atomic mass is 9.92. The van der Waals surface area contributed by atoms with E-state index in [-0.39, 0.29) is 16.9 Å². The molecule has 2 heterocycles. The summed E-state index contributed by atoms with van der Waals surface area (Å²) in [5.41, 5.74) is 3.16. The van der Waals surface area contributed by atoms with Crippen molar-refractivity contribution in [3.63, 3.8) is 0 Å². The maximum atomic E-state index is 12.8. The van der Waals surface area contributed by atoms with Crippen molar-refractivity contribution in [3.8, 4) is 5.69 Å². The van der Waals surface area contributed by atoms with Crippen LogP contribution in [0.4, 0.5) is 5.82 Å². The van der Waals surface area contributed by atoms with E-state index in [0.29, 0.717) is 11.4 Å². The van der Waals surface area contributed by atoms with E-state index < -0.39 is 0 Å². The van der Waals surface area contributed by atoms with Gasteiger partial charge in [0.25, 0.3) is 5.91 Å². The van der Waals surface area contributed by atoms with Crippen LogP contribution >= 0.6 is 0 Å². The van der Waals surface area contributed by atoms with Gasteiger partial charge in [-0.3, -0.25) is 4.79 Å². The van der Waals surface area contributed by atoms with Gasteiger partial charge in [-0.15, -0.1) is 0 Å². The smallest absolute Gasteiger partial charge is 0.256 e. The predicted octanol–water partition coefficient (Wildman–Crippen LogP) is 4.68. The Kier molecular flexibility index (Phi) is 4.91. The fourth-order valence-electron chi connectivity index (χ4n) is 2.93. The highest BCUT2D eigenvalue weighted by Crippen LogP contribution is 2.28. The molecular formula is C22H29N5O. The van der Waals surface area contributed by atoms with E-state index in [1.165, 1.54) is 0 Å². The van der Waals surface area contributed by atoms with Crippen molar-refractivity contribution in [1.82, 2.24) is 19.6 Å². The quantitative estimate of drug-likeness (QED) is 0.718. The summed E-state index contributed by atoms with van der Waals surface area (Å²) in [6, 6.07) is 11.3. The third-order valence-corrected chi connectivity index (χ3v) is 4.56. The second-order valence-corrected chi connectivity index (χ2v) is 9.13. The zero-order valence-corrected chi connectivity index (χ0v) is 17.7. The normalized spacial score (nSPS) is 12.2. The number of carbonyl (C=O) groups excluding carboxylic acids is 1. The molecule has 148 valence electrons. The first-order chi connectivity index (χ1) is 13.0. The van der Waals surface area contributed by atoms with Crippen molar-refractivity contribution >= 4 is 11.7 Å². The van der Waals surface area contributed by atoms with Gasteiger partial charge < -0.3 is 5.32 Å². The Hall–Kier alpha value is -2.89. The van der Waals surface area contributed by atoms with Gasteiger partial charge in [0.05, 0.1) is 16.9 Å². The van der Waals surface area contributed by atoms with Gasteiger partial charge in [0, 0.05) is 28.9 Å². The molecule has 0 saturated heterocycles. The number of amides is 1. The van der Waals surface area contributed by atoms with Gasteiger partial charge in [-0.1, -0.05) is 20.8 Å². The van der Waals surface area contributed by atoms with E-state index in [2.05, 4.69) is 52.0 Å². The van der Waals surface area contributed by atoms with Gasteiger partial charge in [0.15, 0.2) is 0 Å². The Morgan fingerprint density at radius 1 is 1.00 bits per heavy atom. The molecule has 3 rings (SSSR count). The molecule has 3 aromatic rings. The molecule has 0 aliphatic rings. The summed E-state index contributed by atoms with van der Waals surface area (Å²) in [5, 5.41) is 12.1. The average Bonchev–Trinajstić information content (AvgIpc) is 3.20. The number of nitrogens with one attached hydrogen (secondary N) is 1. The van der Waals surface area contributed by atoms with Crippen LogP contribution in [0.2, 0.25) is 0 Å². The molecule has 0 aliphatic carbocycles. The van der Waals surface area contributed by atoms with Gasteiger partial charge in [-0.25, -0.2) is 9.36 Å². The molecule has 1 amide bonds. The average molecular weight is 380 g/mol. The van der Waals surface area contributed by atoms with E-state index in [4.69, 9.17) is 5.10 Å². The summed E-state index contributed by atoms with van der Waals surface area (Å²) < 4.78 is 3.72. The molecule has 1 N–H and O–H groups in total. The highest BCUT2D eigenvalue weighted by Gasteiger charge is 2.26. The van der Waals surface area contributed by atoms with Crippen LogP contribution in [0, 0.1) is 6.92 Å². The van der Waals surface area contributed by atoms with E-state index in [0.717, 1.165) is 17.1 Å². The van der Waals surface area contributed by atoms with Gasteiger partial charge in [0.1, 0.15) is 5.82 Å². The Balaban J connectivity index is 1.87. The molecule has 0 unspecified atom stereocenters. The predicted molar refractivity (Wildman–Crippen MR) is 112 cm³/mol. The van der Waals surface area contributed by atoms with E-state index in [9.17, 15) is 4.79 Å². The van der Waals surface area contributed by atoms with Gasteiger partial charge in [-0.2, -0.15) is 10.2 Å². The van der Waals surface area contributed by atoms with Crippen molar-refractivity contribution in [1.29, 1.82) is 0 Å². The largest absolute Gasteiger partial charge is 0.307 e. The SMILES string of the molecule is Cc1ccnn1-c1ccc(C(=O)Nc2cc(C(C)(C)C)nn2C(C)(C)C)cc1. The van der Waals surface area contributed by atoms with Gasteiger partial charge in [-0.05, 0) is 58.0 Å². The topological polar surface area (TPSA) is 64.7 Å². The summed E-state index contributed by atoms with van der Waals surface area (Å²) in [4.78, 5) is 12.8. The molecule has 2 aromatic heterocycles. The highest BCUT2D eigenvalue weighted by atomic mass is 16.1. The number of hydrogen-bond acceptors (Lipinski definition) is 3. The molecule has 6 nitrogen and oxygen atoms in total. The first-order valence-corrected chi connectivity index (χ1v) is 9.50. The zero-order chi connectivity index (χ0) is 20.7. The van der Waals surface area contributed by atoms with Crippen LogP contribution in [0.15, 0.2) is 42.6 Å². The van der Waals surface area contributed by atoms with Crippen LogP contribution in [-0.2, 0) is 11.0 Å². The Labute approximate surface area is 166 Å². The third kappa shape index (κ3) is 4.01. The number of hydrogen-bond donors (Lipinski definition) is 1. The Bertz CT molecular complexity index is 981. The van der Waals surface area contributed by atoms with E-state index in [1.807, 2.05) is 52.7 Å². The number of nitrogens with zero attached hydrogens (tertiary/aromatic N) is 4. The van der Waals surface area contributed by atoms with Gasteiger partial charge in [0.2, 0.25) is 0 Å². The number of carbonyl (C=O) groups is 1. The minimum Gasteiger partial charge on any atom is -0.307 e. The van der Waals surface area contributed by atoms with Crippen LogP contribution in [0.3, 0.4) is 0 Å². The lowest BCUT2D eigenvalue weighted by Crippen LogP contribution is -2.27. The summed E-state index contributed by atoms with van der Waals surface area (Å²) >= 11 is 0. The fraction of sp³-hybridized carbons (Fsp3) is 0.409. The Morgan fingerprint density at radius 3 is 2.14 bits per heavy atom. The minimum absolute atomic E-state index is 0.0980. The first-order valence-electron chi connectivity index (χ1n) is 9.50. The maximum Gasteiger partial charge on any atom is 0.256 e. The summed E-state index contributed by atoms with van der Waals surface area (Å²) in [7, 11) is 0. The van der Waals surface area contributed by atoms with Crippen LogP contribution in [0.25, 0.3) is 5.69 Å². The fourth-order valence-corrected chi connectivity index (χ4v) is 2.93. The Morgan fingerprint density at radius 2 is 1.64 bits per heavy atom. The lowest BCUT2D eigenvalue weighted by molar-refractivity contribution is 0.102. The van der Waals surface area contributed by atoms with Crippen molar-refractivity contribution in [2.24, 2.45) is 0 Å². The molecule has 1 aromatic carbocycles. The first kappa shape index (κ1) is 19.9. The lowest BCUT2D eigenvalue weighted by Gasteiger charge is -2.23. The van der Waals surface area contributed by atoms with Gasteiger partial charge >= 0.3 is 0 Å². The second-order valence-electron chi connectivity index (χ2n) is 9.13. The van der Waals surface area contributed by atoms with Crippen LogP contribution in [-0.4, -0.2) is 25.5 Å². The second kappa shape index (κ2) is 6.93. The number of aryl methyl sites for hydroxylation is 1. The molecule has 28 heavy (non-hydrogen) atoms. The van der Waals surface area contributed by atoms with Crippen molar-refractivity contribution in [2.45, 2.75) is 59.4 Å². The standard InChI is InChI=1S/C22H29N5O/c1-15-12-13-23-26(15)17-10-8-16(9-11-17)20(28)24-19-14-18(21(2,3)4)25-27(19)22(5,6)7/h8-14H,1-7H3,(H,24,28). The summed E-state index contributed by atoms with van der Waals surface area (Å²) in [6.45, 7) is 14.6. The van der Waals surface area contributed by atoms with Crippen LogP contribution in [0.1, 0.15) is 63.3 Å². The molecule has 6 heteroatoms. The van der Waals surface area contributed by atoms with Crippen molar-refractivity contribution in [2.75, 3.05) is 5.32 Å². The molecular weight excluding hydrogens is 350 g/mol. The van der Waals surface area contributed by atoms with E-state index in [1.54, 1.807) is 6.20 Å². The molecule has 0 radical (unpaired) electrons. The van der Waals surface area contributed by atoms with E-state index >= 15 is 0 Å². The highest BCUT2D eigenvalue weighted by molar-refractivity contribution is 6.04. The molecule has 0 saturated carbocycles. The number of aromatic nitrogens is 4. The zero-order valence-electron chi connectivity index (χ0n) is 17.7. The number of anilines is 1. The number of benzene rings is 1. The summed E-state index contributed by atoms with van der Waals surface area (Å²) in [5.74, 6) is 0.545. The van der Waals surface area contributed by atoms with Crippen molar-refractivity contribution in [3.05, 3.63) is 59.5 Å². The molecule has 0 aliphatic heterocycles. The molecule has 0 fully saturated rings. The maximum absolute atomic E-state index is 12.8. The van der Waals surface area contributed by atoms with Crippen LogP contribution < -0.4 is 5.32 Å².